The highest BCUT2D eigenvalue weighted by Gasteiger charge is 2.14. The third-order valence-electron chi connectivity index (χ3n) is 3.61. The van der Waals surface area contributed by atoms with E-state index in [-0.39, 0.29) is 11.6 Å². The molecule has 122 valence electrons. The molecule has 0 saturated carbocycles. The lowest BCUT2D eigenvalue weighted by Gasteiger charge is -2.11. The molecule has 0 saturated heterocycles. The van der Waals surface area contributed by atoms with Crippen molar-refractivity contribution in [2.45, 2.75) is 4.90 Å². The van der Waals surface area contributed by atoms with Crippen molar-refractivity contribution in [1.29, 1.82) is 0 Å². The van der Waals surface area contributed by atoms with Crippen LogP contribution in [0, 0.1) is 5.82 Å². The number of hydrogen-bond acceptors (Lipinski definition) is 4. The van der Waals surface area contributed by atoms with Crippen LogP contribution in [0.25, 0.3) is 16.8 Å². The summed E-state index contributed by atoms with van der Waals surface area (Å²) in [5, 5.41) is 4.20. The third kappa shape index (κ3) is 3.05. The van der Waals surface area contributed by atoms with Crippen LogP contribution in [0.2, 0.25) is 0 Å². The highest BCUT2D eigenvalue weighted by Crippen LogP contribution is 2.28. The summed E-state index contributed by atoms with van der Waals surface area (Å²) >= 11 is 1.64. The molecule has 3 aromatic rings. The molecular weight excluding hydrogens is 327 g/mol. The van der Waals surface area contributed by atoms with Gasteiger partial charge in [-0.1, -0.05) is 12.1 Å². The molecule has 0 aliphatic rings. The first-order chi connectivity index (χ1) is 11.6. The smallest absolute Gasteiger partial charge is 0.314 e. The Hall–Kier alpha value is -2.60. The van der Waals surface area contributed by atoms with Crippen LogP contribution in [0.4, 0.5) is 4.39 Å². The first-order valence-electron chi connectivity index (χ1n) is 7.20. The Bertz CT molecular complexity index is 906. The predicted octanol–water partition coefficient (Wildman–Crippen LogP) is 3.77. The second-order valence-electron chi connectivity index (χ2n) is 5.01. The number of halogens is 1. The zero-order valence-electron chi connectivity index (χ0n) is 13.2. The molecule has 1 heterocycles. The van der Waals surface area contributed by atoms with Crippen LogP contribution in [0.15, 0.2) is 64.4 Å². The Balaban J connectivity index is 2.11. The van der Waals surface area contributed by atoms with Gasteiger partial charge in [0.25, 0.3) is 0 Å². The summed E-state index contributed by atoms with van der Waals surface area (Å²) in [5.41, 5.74) is 1.55. The lowest BCUT2D eigenvalue weighted by molar-refractivity contribution is 0.405. The zero-order valence-corrected chi connectivity index (χ0v) is 14.0. The Morgan fingerprint density at radius 3 is 2.33 bits per heavy atom. The molecule has 6 heteroatoms. The van der Waals surface area contributed by atoms with Crippen LogP contribution in [0.1, 0.15) is 0 Å². The summed E-state index contributed by atoms with van der Waals surface area (Å²) in [4.78, 5) is 13.8. The number of ether oxygens (including phenoxy) is 1. The largest absolute Gasteiger partial charge is 0.491 e. The fourth-order valence-electron chi connectivity index (χ4n) is 2.38. The van der Waals surface area contributed by atoms with Crippen LogP contribution in [-0.4, -0.2) is 23.1 Å². The molecular formula is C18H15FN2O2S. The minimum absolute atomic E-state index is 0.200. The van der Waals surface area contributed by atoms with Gasteiger partial charge in [0.1, 0.15) is 5.82 Å². The van der Waals surface area contributed by atoms with Crippen molar-refractivity contribution in [3.63, 3.8) is 0 Å². The second-order valence-corrected chi connectivity index (χ2v) is 5.89. The van der Waals surface area contributed by atoms with Gasteiger partial charge in [-0.05, 0) is 48.2 Å². The monoisotopic (exact) mass is 342 g/mol. The van der Waals surface area contributed by atoms with E-state index in [1.807, 2.05) is 30.5 Å². The normalized spacial score (nSPS) is 10.6. The van der Waals surface area contributed by atoms with E-state index in [0.717, 1.165) is 10.5 Å². The number of benzene rings is 2. The number of rotatable bonds is 4. The van der Waals surface area contributed by atoms with Crippen LogP contribution in [0.3, 0.4) is 0 Å². The fraction of sp³-hybridized carbons (Fsp3) is 0.111. The maximum atomic E-state index is 13.1. The maximum Gasteiger partial charge on any atom is 0.314 e. The Morgan fingerprint density at radius 1 is 1.08 bits per heavy atom. The number of nitrogens with zero attached hydrogens (tertiary/aromatic N) is 2. The van der Waals surface area contributed by atoms with E-state index in [4.69, 9.17) is 4.74 Å². The summed E-state index contributed by atoms with van der Waals surface area (Å²) in [7, 11) is 1.45. The first kappa shape index (κ1) is 16.3. The number of hydrogen-bond donors (Lipinski definition) is 0. The Morgan fingerprint density at radius 2 is 1.75 bits per heavy atom. The molecule has 0 fully saturated rings. The van der Waals surface area contributed by atoms with E-state index in [9.17, 15) is 9.18 Å². The molecule has 4 nitrogen and oxygen atoms in total. The predicted molar refractivity (Wildman–Crippen MR) is 93.6 cm³/mol. The molecule has 3 rings (SSSR count). The number of aromatic nitrogens is 2. The second kappa shape index (κ2) is 6.88. The van der Waals surface area contributed by atoms with Gasteiger partial charge in [-0.15, -0.1) is 11.8 Å². The van der Waals surface area contributed by atoms with Crippen molar-refractivity contribution < 1.29 is 9.13 Å². The topological polar surface area (TPSA) is 44.1 Å². The van der Waals surface area contributed by atoms with Crippen LogP contribution < -0.4 is 10.3 Å². The van der Waals surface area contributed by atoms with E-state index >= 15 is 0 Å². The van der Waals surface area contributed by atoms with E-state index in [1.165, 1.54) is 36.1 Å². The highest BCUT2D eigenvalue weighted by molar-refractivity contribution is 7.98. The molecule has 24 heavy (non-hydrogen) atoms. The lowest BCUT2D eigenvalue weighted by Crippen LogP contribution is -2.23. The number of thioether (sulfide) groups is 1. The van der Waals surface area contributed by atoms with Gasteiger partial charge in [0.2, 0.25) is 0 Å². The van der Waals surface area contributed by atoms with Crippen LogP contribution in [-0.2, 0) is 0 Å². The molecule has 0 atom stereocenters. The highest BCUT2D eigenvalue weighted by atomic mass is 32.2. The molecule has 0 aliphatic carbocycles. The van der Waals surface area contributed by atoms with Crippen molar-refractivity contribution >= 4 is 11.8 Å². The fourth-order valence-corrected chi connectivity index (χ4v) is 2.79. The van der Waals surface area contributed by atoms with Gasteiger partial charge < -0.3 is 4.74 Å². The van der Waals surface area contributed by atoms with Gasteiger partial charge in [0.15, 0.2) is 5.75 Å². The Kier molecular flexibility index (Phi) is 4.66. The van der Waals surface area contributed by atoms with E-state index in [0.29, 0.717) is 11.3 Å². The van der Waals surface area contributed by atoms with Gasteiger partial charge in [-0.2, -0.15) is 9.78 Å². The molecule has 0 N–H and O–H groups in total. The maximum absolute atomic E-state index is 13.1. The van der Waals surface area contributed by atoms with Gasteiger partial charge in [0, 0.05) is 10.5 Å². The van der Waals surface area contributed by atoms with Crippen LogP contribution >= 0.6 is 11.8 Å². The van der Waals surface area contributed by atoms with Gasteiger partial charge in [-0.25, -0.2) is 4.39 Å². The molecule has 0 aliphatic heterocycles. The van der Waals surface area contributed by atoms with Crippen molar-refractivity contribution in [2.75, 3.05) is 13.4 Å². The average molecular weight is 342 g/mol. The summed E-state index contributed by atoms with van der Waals surface area (Å²) in [5.74, 6) is -0.171. The third-order valence-corrected chi connectivity index (χ3v) is 4.35. The van der Waals surface area contributed by atoms with Crippen molar-refractivity contribution in [3.05, 3.63) is 70.9 Å². The zero-order chi connectivity index (χ0) is 17.1. The molecule has 1 aromatic heterocycles. The molecule has 0 bridgehead atoms. The van der Waals surface area contributed by atoms with E-state index < -0.39 is 5.56 Å². The lowest BCUT2D eigenvalue weighted by atomic mass is 10.1. The molecule has 0 spiro atoms. The quantitative estimate of drug-likeness (QED) is 0.677. The van der Waals surface area contributed by atoms with Crippen molar-refractivity contribution in [3.8, 4) is 22.6 Å². The number of methoxy groups -OCH3 is 1. The molecule has 0 radical (unpaired) electrons. The van der Waals surface area contributed by atoms with Crippen molar-refractivity contribution in [1.82, 2.24) is 9.78 Å². The standard InChI is InChI=1S/C18H15FN2O2S/c1-23-17-16(12-3-9-15(24-2)10-4-12)11-20-21(18(17)22)14-7-5-13(19)6-8-14/h3-11H,1-2H3. The van der Waals surface area contributed by atoms with Gasteiger partial charge in [-0.3, -0.25) is 4.79 Å². The van der Waals surface area contributed by atoms with Crippen molar-refractivity contribution in [2.24, 2.45) is 0 Å². The first-order valence-corrected chi connectivity index (χ1v) is 8.43. The summed E-state index contributed by atoms with van der Waals surface area (Å²) in [6.07, 6.45) is 3.58. The van der Waals surface area contributed by atoms with Gasteiger partial charge in [0.05, 0.1) is 19.0 Å². The minimum Gasteiger partial charge on any atom is -0.491 e. The van der Waals surface area contributed by atoms with E-state index in [1.54, 1.807) is 18.0 Å². The van der Waals surface area contributed by atoms with Crippen LogP contribution in [0.5, 0.6) is 5.75 Å². The molecule has 2 aromatic carbocycles. The summed E-state index contributed by atoms with van der Waals surface area (Å²) < 4.78 is 19.6. The Labute approximate surface area is 142 Å². The molecule has 0 unspecified atom stereocenters. The summed E-state index contributed by atoms with van der Waals surface area (Å²) in [6, 6.07) is 13.4. The average Bonchev–Trinajstić information content (AvgIpc) is 2.62. The van der Waals surface area contributed by atoms with E-state index in [2.05, 4.69) is 5.10 Å². The molecule has 0 amide bonds. The van der Waals surface area contributed by atoms with Gasteiger partial charge >= 0.3 is 5.56 Å². The minimum atomic E-state index is -0.393. The SMILES string of the molecule is COc1c(-c2ccc(SC)cc2)cnn(-c2ccc(F)cc2)c1=O. The summed E-state index contributed by atoms with van der Waals surface area (Å²) in [6.45, 7) is 0.